The van der Waals surface area contributed by atoms with Crippen molar-refractivity contribution in [2.45, 2.75) is 20.8 Å². The van der Waals surface area contributed by atoms with Crippen molar-refractivity contribution in [3.8, 4) is 6.07 Å². The normalized spacial score (nSPS) is 10.0. The second kappa shape index (κ2) is 4.30. The summed E-state index contributed by atoms with van der Waals surface area (Å²) >= 11 is 0. The molecule has 0 aromatic carbocycles. The van der Waals surface area contributed by atoms with Gasteiger partial charge in [-0.05, 0) is 45.0 Å². The Kier molecular flexibility index (Phi) is 2.84. The minimum absolute atomic E-state index is 0.613. The van der Waals surface area contributed by atoms with E-state index in [0.29, 0.717) is 11.4 Å². The van der Waals surface area contributed by atoms with Gasteiger partial charge in [-0.3, -0.25) is 10.1 Å². The molecule has 2 rings (SSSR count). The zero-order valence-corrected chi connectivity index (χ0v) is 10.2. The lowest BCUT2D eigenvalue weighted by Crippen LogP contribution is -2.13. The molecule has 0 saturated heterocycles. The maximum Gasteiger partial charge on any atom is 0.146 e. The van der Waals surface area contributed by atoms with Crippen molar-refractivity contribution >= 4 is 5.82 Å². The molecule has 0 amide bonds. The van der Waals surface area contributed by atoms with E-state index >= 15 is 0 Å². The molecule has 17 heavy (non-hydrogen) atoms. The van der Waals surface area contributed by atoms with Gasteiger partial charge in [-0.15, -0.1) is 0 Å². The van der Waals surface area contributed by atoms with Crippen molar-refractivity contribution in [3.63, 3.8) is 0 Å². The van der Waals surface area contributed by atoms with Crippen LogP contribution in [0.4, 0.5) is 5.82 Å². The summed E-state index contributed by atoms with van der Waals surface area (Å²) in [5.74, 6) is 0.684. The van der Waals surface area contributed by atoms with Gasteiger partial charge in [0.05, 0.1) is 11.6 Å². The molecular weight excluding hydrogens is 212 g/mol. The molecule has 86 valence electrons. The van der Waals surface area contributed by atoms with Crippen LogP contribution in [0, 0.1) is 32.1 Å². The van der Waals surface area contributed by atoms with Crippen LogP contribution < -0.4 is 5.43 Å². The van der Waals surface area contributed by atoms with Crippen LogP contribution in [0.3, 0.4) is 0 Å². The number of nitrogens with one attached hydrogen (secondary N) is 1. The number of nitrogens with zero attached hydrogens (tertiary/aromatic N) is 3. The molecule has 2 aromatic heterocycles. The first-order valence-corrected chi connectivity index (χ1v) is 5.41. The van der Waals surface area contributed by atoms with Crippen molar-refractivity contribution < 1.29 is 0 Å². The maximum atomic E-state index is 8.91. The number of rotatable bonds is 2. The smallest absolute Gasteiger partial charge is 0.146 e. The minimum Gasteiger partial charge on any atom is -0.278 e. The van der Waals surface area contributed by atoms with Gasteiger partial charge in [-0.25, -0.2) is 4.98 Å². The summed E-state index contributed by atoms with van der Waals surface area (Å²) < 4.78 is 1.95. The molecular formula is C13H14N4. The SMILES string of the molecule is Cc1cc(C#N)cc(Nn2c(C)ccc2C)n1. The Hall–Kier alpha value is -2.28. The molecule has 0 spiro atoms. The van der Waals surface area contributed by atoms with Gasteiger partial charge in [0.25, 0.3) is 0 Å². The highest BCUT2D eigenvalue weighted by Crippen LogP contribution is 2.12. The highest BCUT2D eigenvalue weighted by atomic mass is 15.4. The van der Waals surface area contributed by atoms with E-state index in [1.807, 2.05) is 37.6 Å². The van der Waals surface area contributed by atoms with E-state index in [-0.39, 0.29) is 0 Å². The average molecular weight is 226 g/mol. The fourth-order valence-electron chi connectivity index (χ4n) is 1.75. The third-order valence-electron chi connectivity index (χ3n) is 2.58. The van der Waals surface area contributed by atoms with Crippen LogP contribution in [0.2, 0.25) is 0 Å². The molecule has 4 heteroatoms. The summed E-state index contributed by atoms with van der Waals surface area (Å²) in [7, 11) is 0. The van der Waals surface area contributed by atoms with Gasteiger partial charge in [0.2, 0.25) is 0 Å². The van der Waals surface area contributed by atoms with Crippen LogP contribution in [0.5, 0.6) is 0 Å². The number of hydrogen-bond donors (Lipinski definition) is 1. The van der Waals surface area contributed by atoms with Crippen LogP contribution >= 0.6 is 0 Å². The predicted molar refractivity (Wildman–Crippen MR) is 66.6 cm³/mol. The number of hydrogen-bond acceptors (Lipinski definition) is 3. The third-order valence-corrected chi connectivity index (χ3v) is 2.58. The van der Waals surface area contributed by atoms with Gasteiger partial charge in [-0.1, -0.05) is 0 Å². The van der Waals surface area contributed by atoms with Gasteiger partial charge in [0.1, 0.15) is 5.82 Å². The molecule has 0 aliphatic carbocycles. The summed E-state index contributed by atoms with van der Waals surface area (Å²) in [4.78, 5) is 4.36. The minimum atomic E-state index is 0.613. The second-order valence-corrected chi connectivity index (χ2v) is 4.06. The Morgan fingerprint density at radius 2 is 1.82 bits per heavy atom. The van der Waals surface area contributed by atoms with Crippen molar-refractivity contribution in [3.05, 3.63) is 46.9 Å². The standard InChI is InChI=1S/C13H14N4/c1-9-6-12(8-14)7-13(15-9)16-17-10(2)4-5-11(17)3/h4-7H,1-3H3,(H,15,16). The van der Waals surface area contributed by atoms with E-state index in [1.54, 1.807) is 12.1 Å². The van der Waals surface area contributed by atoms with E-state index < -0.39 is 0 Å². The number of pyridine rings is 1. The van der Waals surface area contributed by atoms with Crippen LogP contribution in [-0.2, 0) is 0 Å². The van der Waals surface area contributed by atoms with Crippen LogP contribution in [0.25, 0.3) is 0 Å². The molecule has 0 radical (unpaired) electrons. The van der Waals surface area contributed by atoms with Crippen LogP contribution in [0.15, 0.2) is 24.3 Å². The quantitative estimate of drug-likeness (QED) is 0.856. The third kappa shape index (κ3) is 2.28. The van der Waals surface area contributed by atoms with Crippen molar-refractivity contribution in [2.75, 3.05) is 5.43 Å². The van der Waals surface area contributed by atoms with E-state index in [1.165, 1.54) is 0 Å². The van der Waals surface area contributed by atoms with E-state index in [4.69, 9.17) is 5.26 Å². The van der Waals surface area contributed by atoms with E-state index in [9.17, 15) is 0 Å². The molecule has 0 bridgehead atoms. The lowest BCUT2D eigenvalue weighted by Gasteiger charge is -2.12. The lowest BCUT2D eigenvalue weighted by molar-refractivity contribution is 0.868. The van der Waals surface area contributed by atoms with Gasteiger partial charge in [0.15, 0.2) is 0 Å². The fraction of sp³-hybridized carbons (Fsp3) is 0.231. The van der Waals surface area contributed by atoms with E-state index in [0.717, 1.165) is 17.1 Å². The number of aromatic nitrogens is 2. The average Bonchev–Trinajstić information content (AvgIpc) is 2.60. The highest BCUT2D eigenvalue weighted by Gasteiger charge is 2.03. The van der Waals surface area contributed by atoms with Crippen LogP contribution in [0.1, 0.15) is 22.6 Å². The van der Waals surface area contributed by atoms with Gasteiger partial charge in [-0.2, -0.15) is 5.26 Å². The van der Waals surface area contributed by atoms with Gasteiger partial charge in [0, 0.05) is 17.1 Å². The largest absolute Gasteiger partial charge is 0.278 e. The zero-order valence-electron chi connectivity index (χ0n) is 10.2. The summed E-state index contributed by atoms with van der Waals surface area (Å²) in [6, 6.07) is 9.70. The van der Waals surface area contributed by atoms with Gasteiger partial charge < -0.3 is 0 Å². The molecule has 0 unspecified atom stereocenters. The molecule has 0 atom stereocenters. The zero-order chi connectivity index (χ0) is 12.4. The molecule has 0 aliphatic heterocycles. The molecule has 0 saturated carbocycles. The Bertz CT molecular complexity index is 570. The Labute approximate surface area is 100 Å². The second-order valence-electron chi connectivity index (χ2n) is 4.06. The first kappa shape index (κ1) is 11.2. The highest BCUT2D eigenvalue weighted by molar-refractivity contribution is 5.44. The Morgan fingerprint density at radius 3 is 2.41 bits per heavy atom. The Morgan fingerprint density at radius 1 is 1.18 bits per heavy atom. The summed E-state index contributed by atoms with van der Waals surface area (Å²) in [5, 5.41) is 8.91. The molecule has 0 aliphatic rings. The summed E-state index contributed by atoms with van der Waals surface area (Å²) in [5.41, 5.74) is 6.83. The van der Waals surface area contributed by atoms with Crippen molar-refractivity contribution in [1.29, 1.82) is 5.26 Å². The monoisotopic (exact) mass is 226 g/mol. The molecule has 2 heterocycles. The predicted octanol–water partition coefficient (Wildman–Crippen LogP) is 2.56. The van der Waals surface area contributed by atoms with Crippen molar-refractivity contribution in [1.82, 2.24) is 9.66 Å². The fourth-order valence-corrected chi connectivity index (χ4v) is 1.75. The molecule has 0 fully saturated rings. The number of anilines is 1. The lowest BCUT2D eigenvalue weighted by atomic mass is 10.2. The van der Waals surface area contributed by atoms with Crippen molar-refractivity contribution in [2.24, 2.45) is 0 Å². The topological polar surface area (TPSA) is 53.6 Å². The Balaban J connectivity index is 2.37. The van der Waals surface area contributed by atoms with Gasteiger partial charge >= 0.3 is 0 Å². The molecule has 2 aromatic rings. The van der Waals surface area contributed by atoms with Crippen LogP contribution in [-0.4, -0.2) is 9.66 Å². The first-order valence-electron chi connectivity index (χ1n) is 5.41. The van der Waals surface area contributed by atoms with E-state index in [2.05, 4.69) is 16.5 Å². The molecule has 4 nitrogen and oxygen atoms in total. The molecule has 1 N–H and O–H groups in total. The number of aryl methyl sites for hydroxylation is 3. The summed E-state index contributed by atoms with van der Waals surface area (Å²) in [6.07, 6.45) is 0. The number of nitriles is 1. The maximum absolute atomic E-state index is 8.91. The first-order chi connectivity index (χ1) is 8.10. The summed E-state index contributed by atoms with van der Waals surface area (Å²) in [6.45, 7) is 5.91.